The second kappa shape index (κ2) is 5.71. The van der Waals surface area contributed by atoms with E-state index in [2.05, 4.69) is 5.32 Å². The van der Waals surface area contributed by atoms with Crippen LogP contribution in [0.1, 0.15) is 0 Å². The Kier molecular flexibility index (Phi) is 4.02. The molecule has 0 saturated carbocycles. The summed E-state index contributed by atoms with van der Waals surface area (Å²) >= 11 is 5.76. The molecule has 0 fully saturated rings. The molecule has 5 heteroatoms. The summed E-state index contributed by atoms with van der Waals surface area (Å²) in [4.78, 5) is 13.4. The quantitative estimate of drug-likeness (QED) is 0.879. The number of anilines is 2. The molecule has 2 amide bonds. The molecule has 0 heterocycles. The van der Waals surface area contributed by atoms with Gasteiger partial charge in [0.25, 0.3) is 0 Å². The maximum absolute atomic E-state index is 12.8. The maximum Gasteiger partial charge on any atom is 0.326 e. The second-order valence-electron chi connectivity index (χ2n) is 3.97. The van der Waals surface area contributed by atoms with E-state index < -0.39 is 0 Å². The lowest BCUT2D eigenvalue weighted by atomic mass is 10.3. The van der Waals surface area contributed by atoms with E-state index in [9.17, 15) is 9.18 Å². The minimum absolute atomic E-state index is 0.311. The van der Waals surface area contributed by atoms with E-state index in [4.69, 9.17) is 11.6 Å². The van der Waals surface area contributed by atoms with E-state index in [1.807, 2.05) is 0 Å². The van der Waals surface area contributed by atoms with Crippen molar-refractivity contribution in [2.75, 3.05) is 17.3 Å². The fourth-order valence-electron chi connectivity index (χ4n) is 1.52. The number of carbonyl (C=O) groups excluding carboxylic acids is 1. The third-order valence-corrected chi connectivity index (χ3v) is 2.87. The van der Waals surface area contributed by atoms with E-state index in [1.54, 1.807) is 31.3 Å². The molecule has 0 unspecified atom stereocenters. The molecule has 98 valence electrons. The Morgan fingerprint density at radius 3 is 2.26 bits per heavy atom. The van der Waals surface area contributed by atoms with Gasteiger partial charge in [0.05, 0.1) is 0 Å². The number of rotatable bonds is 2. The molecular formula is C14H12ClFN2O. The highest BCUT2D eigenvalue weighted by Gasteiger charge is 2.10. The third kappa shape index (κ3) is 3.45. The molecule has 0 bridgehead atoms. The lowest BCUT2D eigenvalue weighted by Gasteiger charge is -2.18. The van der Waals surface area contributed by atoms with Crippen molar-refractivity contribution in [2.24, 2.45) is 0 Å². The number of urea groups is 1. The van der Waals surface area contributed by atoms with Crippen LogP contribution in [0, 0.1) is 5.82 Å². The highest BCUT2D eigenvalue weighted by Crippen LogP contribution is 2.17. The Bertz CT molecular complexity index is 569. The van der Waals surface area contributed by atoms with Gasteiger partial charge in [-0.05, 0) is 48.5 Å². The van der Waals surface area contributed by atoms with Gasteiger partial charge in [0.1, 0.15) is 5.82 Å². The molecule has 1 N–H and O–H groups in total. The normalized spacial score (nSPS) is 10.1. The summed E-state index contributed by atoms with van der Waals surface area (Å²) in [5.74, 6) is -0.338. The predicted molar refractivity (Wildman–Crippen MR) is 75.3 cm³/mol. The molecule has 3 nitrogen and oxygen atoms in total. The van der Waals surface area contributed by atoms with Crippen LogP contribution < -0.4 is 10.2 Å². The van der Waals surface area contributed by atoms with E-state index in [0.717, 1.165) is 0 Å². The number of hydrogen-bond acceptors (Lipinski definition) is 1. The number of benzene rings is 2. The number of amides is 2. The zero-order chi connectivity index (χ0) is 13.8. The van der Waals surface area contributed by atoms with E-state index in [-0.39, 0.29) is 11.8 Å². The molecule has 0 aliphatic rings. The molecule has 19 heavy (non-hydrogen) atoms. The van der Waals surface area contributed by atoms with Gasteiger partial charge in [0, 0.05) is 23.4 Å². The number of carbonyl (C=O) groups is 1. The first-order valence-electron chi connectivity index (χ1n) is 5.62. The topological polar surface area (TPSA) is 32.3 Å². The van der Waals surface area contributed by atoms with E-state index in [1.165, 1.54) is 29.2 Å². The van der Waals surface area contributed by atoms with Crippen LogP contribution in [-0.2, 0) is 0 Å². The lowest BCUT2D eigenvalue weighted by Crippen LogP contribution is -2.31. The Balaban J connectivity index is 2.07. The SMILES string of the molecule is CN(C(=O)Nc1ccc(Cl)cc1)c1ccc(F)cc1. The van der Waals surface area contributed by atoms with Gasteiger partial charge in [-0.3, -0.25) is 4.90 Å². The molecule has 2 aromatic carbocycles. The average Bonchev–Trinajstić information content (AvgIpc) is 2.41. The number of nitrogens with zero attached hydrogens (tertiary/aromatic N) is 1. The molecule has 0 aliphatic heterocycles. The highest BCUT2D eigenvalue weighted by molar-refractivity contribution is 6.30. The van der Waals surface area contributed by atoms with Crippen molar-refractivity contribution in [1.29, 1.82) is 0 Å². The van der Waals surface area contributed by atoms with E-state index >= 15 is 0 Å². The summed E-state index contributed by atoms with van der Waals surface area (Å²) in [5.41, 5.74) is 1.25. The molecular weight excluding hydrogens is 267 g/mol. The van der Waals surface area contributed by atoms with Gasteiger partial charge in [0.15, 0.2) is 0 Å². The van der Waals surface area contributed by atoms with Crippen LogP contribution in [0.3, 0.4) is 0 Å². The fraction of sp³-hybridized carbons (Fsp3) is 0.0714. The Hall–Kier alpha value is -2.07. The van der Waals surface area contributed by atoms with Gasteiger partial charge in [-0.25, -0.2) is 9.18 Å². The summed E-state index contributed by atoms with van der Waals surface area (Å²) in [7, 11) is 1.61. The minimum Gasteiger partial charge on any atom is -0.308 e. The van der Waals surface area contributed by atoms with Crippen molar-refractivity contribution in [3.63, 3.8) is 0 Å². The van der Waals surface area contributed by atoms with E-state index in [0.29, 0.717) is 16.4 Å². The van der Waals surface area contributed by atoms with Crippen LogP contribution in [0.5, 0.6) is 0 Å². The van der Waals surface area contributed by atoms with Gasteiger partial charge in [-0.2, -0.15) is 0 Å². The molecule has 0 saturated heterocycles. The molecule has 0 aliphatic carbocycles. The smallest absolute Gasteiger partial charge is 0.308 e. The predicted octanol–water partition coefficient (Wildman–Crippen LogP) is 4.15. The second-order valence-corrected chi connectivity index (χ2v) is 4.41. The van der Waals surface area contributed by atoms with Gasteiger partial charge in [-0.1, -0.05) is 11.6 Å². The van der Waals surface area contributed by atoms with Gasteiger partial charge in [0.2, 0.25) is 0 Å². The van der Waals surface area contributed by atoms with Crippen molar-refractivity contribution in [3.05, 3.63) is 59.4 Å². The Morgan fingerprint density at radius 2 is 1.68 bits per heavy atom. The maximum atomic E-state index is 12.8. The van der Waals surface area contributed by atoms with Crippen LogP contribution >= 0.6 is 11.6 Å². The van der Waals surface area contributed by atoms with Crippen molar-refractivity contribution < 1.29 is 9.18 Å². The summed E-state index contributed by atoms with van der Waals surface area (Å²) in [6.07, 6.45) is 0. The summed E-state index contributed by atoms with van der Waals surface area (Å²) in [5, 5.41) is 3.32. The lowest BCUT2D eigenvalue weighted by molar-refractivity contribution is 0.258. The Labute approximate surface area is 115 Å². The molecule has 0 atom stereocenters. The first-order chi connectivity index (χ1) is 9.06. The summed E-state index contributed by atoms with van der Waals surface area (Å²) in [6.45, 7) is 0. The number of nitrogens with one attached hydrogen (secondary N) is 1. The highest BCUT2D eigenvalue weighted by atomic mass is 35.5. The van der Waals surface area contributed by atoms with Crippen molar-refractivity contribution >= 4 is 29.0 Å². The number of hydrogen-bond donors (Lipinski definition) is 1. The molecule has 0 radical (unpaired) electrons. The fourth-order valence-corrected chi connectivity index (χ4v) is 1.65. The average molecular weight is 279 g/mol. The zero-order valence-corrected chi connectivity index (χ0v) is 11.0. The Morgan fingerprint density at radius 1 is 1.11 bits per heavy atom. The zero-order valence-electron chi connectivity index (χ0n) is 10.2. The monoisotopic (exact) mass is 278 g/mol. The molecule has 2 aromatic rings. The largest absolute Gasteiger partial charge is 0.326 e. The summed E-state index contributed by atoms with van der Waals surface area (Å²) < 4.78 is 12.8. The van der Waals surface area contributed by atoms with Crippen LogP contribution in [0.25, 0.3) is 0 Å². The van der Waals surface area contributed by atoms with Crippen molar-refractivity contribution in [1.82, 2.24) is 0 Å². The van der Waals surface area contributed by atoms with Crippen LogP contribution in [0.4, 0.5) is 20.6 Å². The van der Waals surface area contributed by atoms with Gasteiger partial charge in [-0.15, -0.1) is 0 Å². The minimum atomic E-state index is -0.338. The van der Waals surface area contributed by atoms with Crippen molar-refractivity contribution in [2.45, 2.75) is 0 Å². The first-order valence-corrected chi connectivity index (χ1v) is 6.00. The van der Waals surface area contributed by atoms with Gasteiger partial charge < -0.3 is 5.32 Å². The van der Waals surface area contributed by atoms with Crippen LogP contribution in [0.15, 0.2) is 48.5 Å². The first kappa shape index (κ1) is 13.4. The standard InChI is InChI=1S/C14H12ClFN2O/c1-18(13-8-4-11(16)5-9-13)14(19)17-12-6-2-10(15)3-7-12/h2-9H,1H3,(H,17,19). The van der Waals surface area contributed by atoms with Crippen molar-refractivity contribution in [3.8, 4) is 0 Å². The molecule has 2 rings (SSSR count). The van der Waals surface area contributed by atoms with Crippen LogP contribution in [-0.4, -0.2) is 13.1 Å². The molecule has 0 spiro atoms. The molecule has 0 aromatic heterocycles. The third-order valence-electron chi connectivity index (χ3n) is 2.61. The van der Waals surface area contributed by atoms with Gasteiger partial charge >= 0.3 is 6.03 Å². The summed E-state index contributed by atoms with van der Waals surface area (Å²) in [6, 6.07) is 12.2. The van der Waals surface area contributed by atoms with Crippen LogP contribution in [0.2, 0.25) is 5.02 Å². The number of halogens is 2.